The normalized spacial score (nSPS) is 52.1. The fourth-order valence-corrected chi connectivity index (χ4v) is 9.35. The van der Waals surface area contributed by atoms with E-state index < -0.39 is 0 Å². The van der Waals surface area contributed by atoms with Crippen molar-refractivity contribution in [3.63, 3.8) is 0 Å². The van der Waals surface area contributed by atoms with Gasteiger partial charge >= 0.3 is 0 Å². The van der Waals surface area contributed by atoms with Crippen LogP contribution < -0.4 is 0 Å². The summed E-state index contributed by atoms with van der Waals surface area (Å²) in [6, 6.07) is 0. The first-order valence-corrected chi connectivity index (χ1v) is 12.5. The van der Waals surface area contributed by atoms with Gasteiger partial charge in [-0.1, -0.05) is 40.5 Å². The van der Waals surface area contributed by atoms with Gasteiger partial charge in [-0.25, -0.2) is 0 Å². The van der Waals surface area contributed by atoms with Crippen LogP contribution in [0.25, 0.3) is 0 Å². The van der Waals surface area contributed by atoms with Gasteiger partial charge in [0.15, 0.2) is 0 Å². The van der Waals surface area contributed by atoms with Crippen LogP contribution >= 0.6 is 0 Å². The van der Waals surface area contributed by atoms with Gasteiger partial charge in [0.2, 0.25) is 0 Å². The van der Waals surface area contributed by atoms with E-state index in [1.165, 1.54) is 32.1 Å². The zero-order valence-corrected chi connectivity index (χ0v) is 18.9. The maximum Gasteiger partial charge on any atom is 0.0462 e. The van der Waals surface area contributed by atoms with Gasteiger partial charge in [-0.15, -0.1) is 0 Å². The van der Waals surface area contributed by atoms with Crippen molar-refractivity contribution in [3.05, 3.63) is 0 Å². The van der Waals surface area contributed by atoms with E-state index in [2.05, 4.69) is 27.7 Å². The number of hydrogen-bond donors (Lipinski definition) is 0. The molecule has 0 N–H and O–H groups in total. The standard InChI is InChI=1S/C26H46O/c1-6-19-9-11-21-20(16-19)10-12-23-22(21)13-14-26(4)24(8-7-15-27-5)17(2)18(3)25(23)26/h17-25H,6-16H2,1-5H3/t17-,18+,19-,20?,21?,22?,23?,24?,25?,26?/m0/s1. The zero-order chi connectivity index (χ0) is 19.2. The lowest BCUT2D eigenvalue weighted by Crippen LogP contribution is -2.49. The lowest BCUT2D eigenvalue weighted by molar-refractivity contribution is -0.0781. The van der Waals surface area contributed by atoms with Crippen LogP contribution in [-0.4, -0.2) is 13.7 Å². The molecule has 1 heteroatoms. The highest BCUT2D eigenvalue weighted by Crippen LogP contribution is 2.68. The Morgan fingerprint density at radius 3 is 2.44 bits per heavy atom. The predicted molar refractivity (Wildman–Crippen MR) is 115 cm³/mol. The molecule has 4 aliphatic rings. The Kier molecular flexibility index (Phi) is 6.00. The highest BCUT2D eigenvalue weighted by Gasteiger charge is 2.61. The Bertz CT molecular complexity index is 500. The summed E-state index contributed by atoms with van der Waals surface area (Å²) in [6.07, 6.45) is 14.9. The molecular formula is C26H46O. The smallest absolute Gasteiger partial charge is 0.0462 e. The molecule has 0 aromatic rings. The number of rotatable bonds is 5. The van der Waals surface area contributed by atoms with Gasteiger partial charge in [-0.2, -0.15) is 0 Å². The summed E-state index contributed by atoms with van der Waals surface area (Å²) >= 11 is 0. The molecule has 0 radical (unpaired) electrons. The molecule has 0 aromatic heterocycles. The van der Waals surface area contributed by atoms with E-state index in [9.17, 15) is 0 Å². The molecule has 4 aliphatic carbocycles. The second-order valence-corrected chi connectivity index (χ2v) is 11.4. The van der Waals surface area contributed by atoms with Crippen molar-refractivity contribution in [2.45, 2.75) is 91.9 Å². The van der Waals surface area contributed by atoms with E-state index in [0.29, 0.717) is 5.41 Å². The SMILES string of the molecule is CC[C@H]1CCC2C(CCC3C2CCC2(C)C(CCCOC)[C@@H](C)[C@@H](C)C32)C1. The molecule has 4 fully saturated rings. The molecule has 4 rings (SSSR count). The molecular weight excluding hydrogens is 328 g/mol. The van der Waals surface area contributed by atoms with Crippen molar-refractivity contribution >= 4 is 0 Å². The molecule has 1 nitrogen and oxygen atoms in total. The molecule has 0 amide bonds. The van der Waals surface area contributed by atoms with Gasteiger partial charge in [0, 0.05) is 13.7 Å². The minimum absolute atomic E-state index is 0.612. The summed E-state index contributed by atoms with van der Waals surface area (Å²) < 4.78 is 5.40. The van der Waals surface area contributed by atoms with E-state index >= 15 is 0 Å². The number of hydrogen-bond acceptors (Lipinski definition) is 1. The topological polar surface area (TPSA) is 9.23 Å². The van der Waals surface area contributed by atoms with Crippen LogP contribution in [0, 0.1) is 58.7 Å². The minimum Gasteiger partial charge on any atom is -0.385 e. The van der Waals surface area contributed by atoms with Crippen LogP contribution in [0.4, 0.5) is 0 Å². The molecule has 7 unspecified atom stereocenters. The number of ether oxygens (including phenoxy) is 1. The van der Waals surface area contributed by atoms with Gasteiger partial charge in [0.05, 0.1) is 0 Å². The second kappa shape index (κ2) is 8.00. The number of methoxy groups -OCH3 is 1. The van der Waals surface area contributed by atoms with Crippen LogP contribution in [0.3, 0.4) is 0 Å². The zero-order valence-electron chi connectivity index (χ0n) is 18.9. The molecule has 0 saturated heterocycles. The Labute approximate surface area is 169 Å². The quantitative estimate of drug-likeness (QED) is 0.462. The van der Waals surface area contributed by atoms with Crippen LogP contribution in [0.15, 0.2) is 0 Å². The van der Waals surface area contributed by atoms with Gasteiger partial charge in [-0.3, -0.25) is 0 Å². The minimum atomic E-state index is 0.612. The summed E-state index contributed by atoms with van der Waals surface area (Å²) in [5.41, 5.74) is 0.612. The molecule has 27 heavy (non-hydrogen) atoms. The molecule has 0 heterocycles. The average molecular weight is 375 g/mol. The maximum absolute atomic E-state index is 5.40. The monoisotopic (exact) mass is 374 g/mol. The lowest BCUT2D eigenvalue weighted by atomic mass is 9.48. The van der Waals surface area contributed by atoms with Crippen molar-refractivity contribution in [1.82, 2.24) is 0 Å². The van der Waals surface area contributed by atoms with Crippen molar-refractivity contribution < 1.29 is 4.74 Å². The summed E-state index contributed by atoms with van der Waals surface area (Å²) in [5.74, 6) is 9.12. The van der Waals surface area contributed by atoms with Crippen LogP contribution in [-0.2, 0) is 4.74 Å². The Morgan fingerprint density at radius 2 is 1.70 bits per heavy atom. The van der Waals surface area contributed by atoms with Gasteiger partial charge in [0.1, 0.15) is 0 Å². The third kappa shape index (κ3) is 3.32. The molecule has 0 aliphatic heterocycles. The lowest BCUT2D eigenvalue weighted by Gasteiger charge is -2.57. The first kappa shape index (κ1) is 20.2. The predicted octanol–water partition coefficient (Wildman–Crippen LogP) is 7.20. The van der Waals surface area contributed by atoms with Gasteiger partial charge in [0.25, 0.3) is 0 Å². The van der Waals surface area contributed by atoms with E-state index in [1.54, 1.807) is 32.1 Å². The van der Waals surface area contributed by atoms with Crippen molar-refractivity contribution in [2.75, 3.05) is 13.7 Å². The first-order valence-electron chi connectivity index (χ1n) is 12.5. The molecule has 4 saturated carbocycles. The van der Waals surface area contributed by atoms with E-state index in [1.807, 2.05) is 7.11 Å². The molecule has 0 bridgehead atoms. The largest absolute Gasteiger partial charge is 0.385 e. The van der Waals surface area contributed by atoms with Crippen molar-refractivity contribution in [3.8, 4) is 0 Å². The number of fused-ring (bicyclic) bond motifs is 5. The average Bonchev–Trinajstić information content (AvgIpc) is 2.87. The highest BCUT2D eigenvalue weighted by atomic mass is 16.5. The Balaban J connectivity index is 1.52. The second-order valence-electron chi connectivity index (χ2n) is 11.4. The third-order valence-electron chi connectivity index (χ3n) is 10.7. The van der Waals surface area contributed by atoms with E-state index in [4.69, 9.17) is 4.74 Å². The molecule has 0 spiro atoms. The maximum atomic E-state index is 5.40. The molecule has 0 aromatic carbocycles. The first-order chi connectivity index (χ1) is 13.0. The van der Waals surface area contributed by atoms with Crippen molar-refractivity contribution in [1.29, 1.82) is 0 Å². The summed E-state index contributed by atoms with van der Waals surface area (Å²) in [6.45, 7) is 11.3. The van der Waals surface area contributed by atoms with E-state index in [0.717, 1.165) is 59.9 Å². The Hall–Kier alpha value is -0.0400. The fraction of sp³-hybridized carbons (Fsp3) is 1.00. The van der Waals surface area contributed by atoms with Crippen LogP contribution in [0.5, 0.6) is 0 Å². The third-order valence-corrected chi connectivity index (χ3v) is 10.7. The molecule has 10 atom stereocenters. The Morgan fingerprint density at radius 1 is 0.926 bits per heavy atom. The van der Waals surface area contributed by atoms with Gasteiger partial charge < -0.3 is 4.74 Å². The molecule has 156 valence electrons. The van der Waals surface area contributed by atoms with Crippen LogP contribution in [0.2, 0.25) is 0 Å². The van der Waals surface area contributed by atoms with E-state index in [-0.39, 0.29) is 0 Å². The summed E-state index contributed by atoms with van der Waals surface area (Å²) in [4.78, 5) is 0. The van der Waals surface area contributed by atoms with Gasteiger partial charge in [-0.05, 0) is 110 Å². The van der Waals surface area contributed by atoms with Crippen LogP contribution in [0.1, 0.15) is 91.9 Å². The summed E-state index contributed by atoms with van der Waals surface area (Å²) in [5, 5.41) is 0. The fourth-order valence-electron chi connectivity index (χ4n) is 9.35. The van der Waals surface area contributed by atoms with Crippen molar-refractivity contribution in [2.24, 2.45) is 58.7 Å². The summed E-state index contributed by atoms with van der Waals surface area (Å²) in [7, 11) is 1.86. The highest BCUT2D eigenvalue weighted by molar-refractivity contribution is 5.09.